The summed E-state index contributed by atoms with van der Waals surface area (Å²) in [5.74, 6) is 0.484. The predicted molar refractivity (Wildman–Crippen MR) is 79.7 cm³/mol. The molecule has 0 bridgehead atoms. The van der Waals surface area contributed by atoms with Gasteiger partial charge >= 0.3 is 0 Å². The van der Waals surface area contributed by atoms with Crippen LogP contribution in [-0.4, -0.2) is 18.4 Å². The highest BCUT2D eigenvalue weighted by Gasteiger charge is 2.14. The normalized spacial score (nSPS) is 16.5. The topological polar surface area (TPSA) is 67.4 Å². The second-order valence-corrected chi connectivity index (χ2v) is 4.93. The standard InChI is InChI=1S/C16H20N2O3/c1-2-21-14-9-7-13(8-10-14)16(20)18-17-15(19)11-12-5-3-4-6-12/h3,5,7-10,12H,2,4,6,11H2,1H3,(H,17,19)(H,18,20). The first-order chi connectivity index (χ1) is 10.2. The van der Waals surface area contributed by atoms with Crippen LogP contribution in [0.4, 0.5) is 0 Å². The van der Waals surface area contributed by atoms with E-state index >= 15 is 0 Å². The third-order valence-electron chi connectivity index (χ3n) is 3.30. The number of benzene rings is 1. The first kappa shape index (κ1) is 15.1. The molecule has 1 atom stereocenters. The summed E-state index contributed by atoms with van der Waals surface area (Å²) < 4.78 is 5.31. The minimum absolute atomic E-state index is 0.175. The van der Waals surface area contributed by atoms with Crippen molar-refractivity contribution in [3.63, 3.8) is 0 Å². The number of ether oxygens (including phenoxy) is 1. The van der Waals surface area contributed by atoms with Crippen LogP contribution in [0.1, 0.15) is 36.5 Å². The Kier molecular flexibility index (Phi) is 5.37. The maximum atomic E-state index is 11.9. The molecular formula is C16H20N2O3. The van der Waals surface area contributed by atoms with Crippen LogP contribution >= 0.6 is 0 Å². The van der Waals surface area contributed by atoms with E-state index in [1.807, 2.05) is 13.0 Å². The minimum atomic E-state index is -0.339. The molecule has 0 saturated carbocycles. The lowest BCUT2D eigenvalue weighted by molar-refractivity contribution is -0.122. The molecule has 1 aromatic carbocycles. The molecule has 0 radical (unpaired) electrons. The molecule has 0 saturated heterocycles. The summed E-state index contributed by atoms with van der Waals surface area (Å²) in [6.07, 6.45) is 6.56. The van der Waals surface area contributed by atoms with E-state index in [0.717, 1.165) is 12.8 Å². The second kappa shape index (κ2) is 7.47. The van der Waals surface area contributed by atoms with Crippen LogP contribution in [0, 0.1) is 5.92 Å². The first-order valence-electron chi connectivity index (χ1n) is 7.17. The van der Waals surface area contributed by atoms with Crippen LogP contribution in [0.25, 0.3) is 0 Å². The highest BCUT2D eigenvalue weighted by Crippen LogP contribution is 2.19. The average Bonchev–Trinajstić information content (AvgIpc) is 2.99. The van der Waals surface area contributed by atoms with E-state index in [1.165, 1.54) is 0 Å². The van der Waals surface area contributed by atoms with Gasteiger partial charge in [-0.3, -0.25) is 20.4 Å². The number of allylic oxidation sites excluding steroid dienone is 2. The summed E-state index contributed by atoms with van der Waals surface area (Å²) in [5.41, 5.74) is 5.34. The van der Waals surface area contributed by atoms with Crippen molar-refractivity contribution in [3.8, 4) is 5.75 Å². The van der Waals surface area contributed by atoms with Gasteiger partial charge in [0, 0.05) is 12.0 Å². The van der Waals surface area contributed by atoms with E-state index in [2.05, 4.69) is 16.9 Å². The molecule has 1 aromatic rings. The number of amides is 2. The molecule has 5 nitrogen and oxygen atoms in total. The van der Waals surface area contributed by atoms with Crippen molar-refractivity contribution >= 4 is 11.8 Å². The van der Waals surface area contributed by atoms with Crippen LogP contribution in [0.2, 0.25) is 0 Å². The molecule has 0 spiro atoms. The molecule has 2 rings (SSSR count). The van der Waals surface area contributed by atoms with Gasteiger partial charge in [0.1, 0.15) is 5.75 Å². The maximum absolute atomic E-state index is 11.9. The summed E-state index contributed by atoms with van der Waals surface area (Å²) in [6, 6.07) is 6.77. The van der Waals surface area contributed by atoms with Crippen molar-refractivity contribution in [3.05, 3.63) is 42.0 Å². The Bertz CT molecular complexity index is 523. The van der Waals surface area contributed by atoms with E-state index in [0.29, 0.717) is 24.3 Å². The van der Waals surface area contributed by atoms with Crippen molar-refractivity contribution in [1.29, 1.82) is 0 Å². The second-order valence-electron chi connectivity index (χ2n) is 4.93. The van der Waals surface area contributed by atoms with Gasteiger partial charge in [0.15, 0.2) is 0 Å². The SMILES string of the molecule is CCOc1ccc(C(=O)NNC(=O)CC2C=CCC2)cc1. The molecule has 1 aliphatic rings. The third-order valence-corrected chi connectivity index (χ3v) is 3.30. The number of hydrogen-bond donors (Lipinski definition) is 2. The fourth-order valence-corrected chi connectivity index (χ4v) is 2.22. The predicted octanol–water partition coefficient (Wildman–Crippen LogP) is 2.20. The summed E-state index contributed by atoms with van der Waals surface area (Å²) in [6.45, 7) is 2.48. The molecule has 0 aliphatic heterocycles. The lowest BCUT2D eigenvalue weighted by Gasteiger charge is -2.10. The average molecular weight is 288 g/mol. The highest BCUT2D eigenvalue weighted by atomic mass is 16.5. The monoisotopic (exact) mass is 288 g/mol. The largest absolute Gasteiger partial charge is 0.494 e. The van der Waals surface area contributed by atoms with Crippen LogP contribution < -0.4 is 15.6 Å². The van der Waals surface area contributed by atoms with Gasteiger partial charge in [0.2, 0.25) is 5.91 Å². The summed E-state index contributed by atoms with van der Waals surface area (Å²) >= 11 is 0. The Morgan fingerprint density at radius 3 is 2.62 bits per heavy atom. The van der Waals surface area contributed by atoms with Gasteiger partial charge in [-0.1, -0.05) is 12.2 Å². The van der Waals surface area contributed by atoms with Gasteiger partial charge in [-0.25, -0.2) is 0 Å². The Morgan fingerprint density at radius 1 is 1.24 bits per heavy atom. The van der Waals surface area contributed by atoms with E-state index < -0.39 is 0 Å². The van der Waals surface area contributed by atoms with Gasteiger partial charge in [-0.05, 0) is 49.9 Å². The van der Waals surface area contributed by atoms with Crippen molar-refractivity contribution in [2.45, 2.75) is 26.2 Å². The van der Waals surface area contributed by atoms with Gasteiger partial charge in [0.05, 0.1) is 6.61 Å². The zero-order valence-corrected chi connectivity index (χ0v) is 12.1. The van der Waals surface area contributed by atoms with E-state index in [4.69, 9.17) is 4.74 Å². The van der Waals surface area contributed by atoms with Crippen LogP contribution in [0.5, 0.6) is 5.75 Å². The minimum Gasteiger partial charge on any atom is -0.494 e. The summed E-state index contributed by atoms with van der Waals surface area (Å²) in [4.78, 5) is 23.6. The summed E-state index contributed by atoms with van der Waals surface area (Å²) in [7, 11) is 0. The van der Waals surface area contributed by atoms with Crippen molar-refractivity contribution in [2.24, 2.45) is 5.92 Å². The molecule has 5 heteroatoms. The van der Waals surface area contributed by atoms with Crippen molar-refractivity contribution in [2.75, 3.05) is 6.61 Å². The number of nitrogens with one attached hydrogen (secondary N) is 2. The Morgan fingerprint density at radius 2 is 2.00 bits per heavy atom. The molecule has 112 valence electrons. The lowest BCUT2D eigenvalue weighted by atomic mass is 10.1. The first-order valence-corrected chi connectivity index (χ1v) is 7.17. The molecule has 21 heavy (non-hydrogen) atoms. The quantitative estimate of drug-likeness (QED) is 0.645. The van der Waals surface area contributed by atoms with Gasteiger partial charge in [-0.2, -0.15) is 0 Å². The molecular weight excluding hydrogens is 268 g/mol. The molecule has 1 unspecified atom stereocenters. The number of carbonyl (C=O) groups excluding carboxylic acids is 2. The van der Waals surface area contributed by atoms with E-state index in [1.54, 1.807) is 24.3 Å². The van der Waals surface area contributed by atoms with Crippen LogP contribution in [-0.2, 0) is 4.79 Å². The molecule has 1 aliphatic carbocycles. The zero-order chi connectivity index (χ0) is 15.1. The highest BCUT2D eigenvalue weighted by molar-refractivity contribution is 5.95. The smallest absolute Gasteiger partial charge is 0.269 e. The number of hydrogen-bond acceptors (Lipinski definition) is 3. The maximum Gasteiger partial charge on any atom is 0.269 e. The molecule has 0 heterocycles. The van der Waals surface area contributed by atoms with E-state index in [9.17, 15) is 9.59 Å². The van der Waals surface area contributed by atoms with Crippen LogP contribution in [0.15, 0.2) is 36.4 Å². The molecule has 0 aromatic heterocycles. The van der Waals surface area contributed by atoms with Gasteiger partial charge < -0.3 is 4.74 Å². The fraction of sp³-hybridized carbons (Fsp3) is 0.375. The van der Waals surface area contributed by atoms with Crippen molar-refractivity contribution < 1.29 is 14.3 Å². The fourth-order valence-electron chi connectivity index (χ4n) is 2.22. The number of carbonyl (C=O) groups is 2. The molecule has 2 N–H and O–H groups in total. The zero-order valence-electron chi connectivity index (χ0n) is 12.1. The summed E-state index contributed by atoms with van der Waals surface area (Å²) in [5, 5.41) is 0. The Hall–Kier alpha value is -2.30. The molecule has 2 amide bonds. The lowest BCUT2D eigenvalue weighted by Crippen LogP contribution is -2.42. The van der Waals surface area contributed by atoms with Crippen LogP contribution in [0.3, 0.4) is 0 Å². The third kappa shape index (κ3) is 4.63. The van der Waals surface area contributed by atoms with Gasteiger partial charge in [0.25, 0.3) is 5.91 Å². The van der Waals surface area contributed by atoms with E-state index in [-0.39, 0.29) is 17.7 Å². The Balaban J connectivity index is 1.78. The number of hydrazine groups is 1. The molecule has 0 fully saturated rings. The van der Waals surface area contributed by atoms with Gasteiger partial charge in [-0.15, -0.1) is 0 Å². The number of rotatable bonds is 5. The van der Waals surface area contributed by atoms with Crippen molar-refractivity contribution in [1.82, 2.24) is 10.9 Å². The Labute approximate surface area is 124 Å².